The highest BCUT2D eigenvalue weighted by Crippen LogP contribution is 2.24. The van der Waals surface area contributed by atoms with Crippen molar-refractivity contribution in [1.29, 1.82) is 0 Å². The van der Waals surface area contributed by atoms with Crippen LogP contribution >= 0.6 is 0 Å². The summed E-state index contributed by atoms with van der Waals surface area (Å²) >= 11 is 0. The molecule has 1 saturated heterocycles. The number of hydrogen-bond donors (Lipinski definition) is 1. The van der Waals surface area contributed by atoms with Crippen LogP contribution in [-0.4, -0.2) is 56.0 Å². The van der Waals surface area contributed by atoms with Crippen molar-refractivity contribution in [2.75, 3.05) is 31.7 Å². The van der Waals surface area contributed by atoms with Gasteiger partial charge in [-0.25, -0.2) is 9.59 Å². The third-order valence-corrected chi connectivity index (χ3v) is 5.36. The molecule has 174 valence electrons. The summed E-state index contributed by atoms with van der Waals surface area (Å²) in [5, 5.41) is 2.89. The highest BCUT2D eigenvalue weighted by molar-refractivity contribution is 5.88. The van der Waals surface area contributed by atoms with Gasteiger partial charge in [0, 0.05) is 13.7 Å². The summed E-state index contributed by atoms with van der Waals surface area (Å²) in [7, 11) is 1.59. The van der Waals surface area contributed by atoms with Crippen LogP contribution in [-0.2, 0) is 20.8 Å². The van der Waals surface area contributed by atoms with Crippen LogP contribution in [0.25, 0.3) is 0 Å². The van der Waals surface area contributed by atoms with E-state index in [-0.39, 0.29) is 24.4 Å². The third kappa shape index (κ3) is 6.23. The lowest BCUT2D eigenvalue weighted by molar-refractivity contribution is 0.0491. The fourth-order valence-corrected chi connectivity index (χ4v) is 3.50. The van der Waals surface area contributed by atoms with Gasteiger partial charge in [-0.15, -0.1) is 0 Å². The second-order valence-electron chi connectivity index (χ2n) is 7.71. The van der Waals surface area contributed by atoms with Crippen molar-refractivity contribution in [1.82, 2.24) is 10.3 Å². The number of carbonyl (C=O) groups excluding carboxylic acids is 2. The van der Waals surface area contributed by atoms with Gasteiger partial charge in [0.1, 0.15) is 12.4 Å². The molecule has 1 aromatic carbocycles. The van der Waals surface area contributed by atoms with E-state index in [2.05, 4.69) is 10.3 Å². The summed E-state index contributed by atoms with van der Waals surface area (Å²) in [6.45, 7) is 5.31. The van der Waals surface area contributed by atoms with Gasteiger partial charge in [-0.05, 0) is 25.3 Å². The van der Waals surface area contributed by atoms with Crippen LogP contribution in [0, 0.1) is 6.92 Å². The zero-order valence-corrected chi connectivity index (χ0v) is 18.8. The molecule has 2 heterocycles. The Hall–Kier alpha value is -3.07. The van der Waals surface area contributed by atoms with E-state index in [4.69, 9.17) is 18.6 Å². The molecule has 1 fully saturated rings. The first kappa shape index (κ1) is 23.6. The Morgan fingerprint density at radius 2 is 2.03 bits per heavy atom. The lowest BCUT2D eigenvalue weighted by Gasteiger charge is -2.37. The normalized spacial score (nSPS) is 18.3. The number of oxazole rings is 1. The van der Waals surface area contributed by atoms with Crippen molar-refractivity contribution in [2.24, 2.45) is 0 Å². The van der Waals surface area contributed by atoms with Gasteiger partial charge in [0.25, 0.3) is 6.01 Å². The molecule has 0 spiro atoms. The molecule has 0 aliphatic carbocycles. The number of rotatable bonds is 9. The molecule has 2 atom stereocenters. The van der Waals surface area contributed by atoms with Crippen LogP contribution in [0.5, 0.6) is 0 Å². The number of methoxy groups -OCH3 is 1. The first-order valence-corrected chi connectivity index (χ1v) is 10.9. The fourth-order valence-electron chi connectivity index (χ4n) is 3.50. The molecule has 1 amide bonds. The summed E-state index contributed by atoms with van der Waals surface area (Å²) in [4.78, 5) is 30.7. The second-order valence-corrected chi connectivity index (χ2v) is 7.71. The van der Waals surface area contributed by atoms with Crippen molar-refractivity contribution in [2.45, 2.75) is 51.9 Å². The number of hydrogen-bond acceptors (Lipinski definition) is 8. The van der Waals surface area contributed by atoms with Crippen LogP contribution in [0.3, 0.4) is 0 Å². The van der Waals surface area contributed by atoms with Crippen molar-refractivity contribution in [3.05, 3.63) is 47.3 Å². The van der Waals surface area contributed by atoms with Gasteiger partial charge in [-0.3, -0.25) is 0 Å². The van der Waals surface area contributed by atoms with Gasteiger partial charge in [-0.1, -0.05) is 43.7 Å². The number of esters is 1. The van der Waals surface area contributed by atoms with Gasteiger partial charge >= 0.3 is 12.1 Å². The number of ether oxygens (including phenoxy) is 3. The van der Waals surface area contributed by atoms with Crippen molar-refractivity contribution < 1.29 is 28.2 Å². The number of aromatic nitrogens is 1. The van der Waals surface area contributed by atoms with E-state index >= 15 is 0 Å². The number of carbonyl (C=O) groups is 2. The van der Waals surface area contributed by atoms with Crippen LogP contribution in [0.15, 0.2) is 34.7 Å². The molecule has 32 heavy (non-hydrogen) atoms. The molecule has 3 rings (SSSR count). The maximum absolute atomic E-state index is 12.2. The van der Waals surface area contributed by atoms with E-state index in [0.717, 1.165) is 18.4 Å². The van der Waals surface area contributed by atoms with Crippen LogP contribution in [0.1, 0.15) is 48.0 Å². The average molecular weight is 446 g/mol. The number of nitrogens with zero attached hydrogens (tertiary/aromatic N) is 2. The Morgan fingerprint density at radius 1 is 1.25 bits per heavy atom. The van der Waals surface area contributed by atoms with Crippen LogP contribution < -0.4 is 10.2 Å². The highest BCUT2D eigenvalue weighted by Gasteiger charge is 2.33. The van der Waals surface area contributed by atoms with E-state index in [1.165, 1.54) is 0 Å². The van der Waals surface area contributed by atoms with E-state index < -0.39 is 12.1 Å². The summed E-state index contributed by atoms with van der Waals surface area (Å²) < 4.78 is 21.9. The van der Waals surface area contributed by atoms with Gasteiger partial charge in [0.15, 0.2) is 5.69 Å². The predicted molar refractivity (Wildman–Crippen MR) is 118 cm³/mol. The second kappa shape index (κ2) is 11.5. The zero-order valence-electron chi connectivity index (χ0n) is 18.8. The first-order valence-electron chi connectivity index (χ1n) is 10.9. The molecule has 1 aromatic heterocycles. The average Bonchev–Trinajstić information content (AvgIpc) is 3.20. The molecular weight excluding hydrogens is 414 g/mol. The van der Waals surface area contributed by atoms with Gasteiger partial charge in [0.05, 0.1) is 25.3 Å². The summed E-state index contributed by atoms with van der Waals surface area (Å²) in [5.74, 6) is -0.0628. The van der Waals surface area contributed by atoms with Gasteiger partial charge in [-0.2, -0.15) is 4.98 Å². The van der Waals surface area contributed by atoms with Crippen molar-refractivity contribution in [3.63, 3.8) is 0 Å². The third-order valence-electron chi connectivity index (χ3n) is 5.36. The Balaban J connectivity index is 1.54. The van der Waals surface area contributed by atoms with Crippen LogP contribution in [0.4, 0.5) is 10.8 Å². The molecule has 9 nitrogen and oxygen atoms in total. The SMILES string of the molecule is CCCCOC(=O)c1nc(N2CCC(NC(=O)OCc3ccccc3)C(OC)C2)oc1C. The molecule has 0 radical (unpaired) electrons. The lowest BCUT2D eigenvalue weighted by atomic mass is 10.0. The smallest absolute Gasteiger partial charge is 0.407 e. The Kier molecular flexibility index (Phi) is 8.49. The maximum Gasteiger partial charge on any atom is 0.407 e. The van der Waals surface area contributed by atoms with Gasteiger partial charge in [0.2, 0.25) is 0 Å². The topological polar surface area (TPSA) is 103 Å². The number of amides is 1. The molecule has 1 aliphatic rings. The zero-order chi connectivity index (χ0) is 22.9. The number of aryl methyl sites for hydroxylation is 1. The Bertz CT molecular complexity index is 885. The van der Waals surface area contributed by atoms with Crippen LogP contribution in [0.2, 0.25) is 0 Å². The molecule has 1 N–H and O–H groups in total. The summed E-state index contributed by atoms with van der Waals surface area (Å²) in [5.41, 5.74) is 1.11. The minimum absolute atomic E-state index is 0.190. The molecule has 0 saturated carbocycles. The van der Waals surface area contributed by atoms with Gasteiger partial charge < -0.3 is 28.8 Å². The quantitative estimate of drug-likeness (QED) is 0.462. The van der Waals surface area contributed by atoms with E-state index in [9.17, 15) is 9.59 Å². The molecule has 1 aliphatic heterocycles. The minimum Gasteiger partial charge on any atom is -0.461 e. The molecule has 2 unspecified atom stereocenters. The summed E-state index contributed by atoms with van der Waals surface area (Å²) in [6.07, 6.45) is 1.58. The van der Waals surface area contributed by atoms with Crippen molar-refractivity contribution in [3.8, 4) is 0 Å². The largest absolute Gasteiger partial charge is 0.461 e. The number of alkyl carbamates (subject to hydrolysis) is 1. The number of piperidine rings is 1. The fraction of sp³-hybridized carbons (Fsp3) is 0.522. The summed E-state index contributed by atoms with van der Waals surface area (Å²) in [6, 6.07) is 9.63. The van der Waals surface area contributed by atoms with E-state index in [1.54, 1.807) is 14.0 Å². The first-order chi connectivity index (χ1) is 15.5. The molecule has 2 aromatic rings. The molecule has 0 bridgehead atoms. The number of benzene rings is 1. The van der Waals surface area contributed by atoms with E-state index in [1.807, 2.05) is 42.2 Å². The Morgan fingerprint density at radius 3 is 2.75 bits per heavy atom. The van der Waals surface area contributed by atoms with Crippen molar-refractivity contribution >= 4 is 18.1 Å². The lowest BCUT2D eigenvalue weighted by Crippen LogP contribution is -2.55. The predicted octanol–water partition coefficient (Wildman–Crippen LogP) is 3.46. The highest BCUT2D eigenvalue weighted by atomic mass is 16.5. The number of unbranched alkanes of at least 4 members (excludes halogenated alkanes) is 1. The number of anilines is 1. The Labute approximate surface area is 188 Å². The van der Waals surface area contributed by atoms with E-state index in [0.29, 0.717) is 37.9 Å². The standard InChI is InChI=1S/C23H31N3O6/c1-4-5-13-30-21(27)20-16(2)32-22(25-20)26-12-11-18(19(14-26)29-3)24-23(28)31-15-17-9-7-6-8-10-17/h6-10,18-19H,4-5,11-15H2,1-3H3,(H,24,28). The minimum atomic E-state index is -0.488. The number of nitrogens with one attached hydrogen (secondary N) is 1. The molecule has 9 heteroatoms. The maximum atomic E-state index is 12.2. The monoisotopic (exact) mass is 445 g/mol. The molecular formula is C23H31N3O6.